The normalized spacial score (nSPS) is 10.6. The van der Waals surface area contributed by atoms with Crippen LogP contribution in [0.15, 0.2) is 48.8 Å². The van der Waals surface area contributed by atoms with Gasteiger partial charge in [0.25, 0.3) is 0 Å². The molecule has 0 unspecified atom stereocenters. The highest BCUT2D eigenvalue weighted by Crippen LogP contribution is 2.21. The number of para-hydroxylation sites is 1. The molecule has 0 amide bonds. The van der Waals surface area contributed by atoms with Crippen molar-refractivity contribution >= 4 is 22.5 Å². The molecule has 0 bridgehead atoms. The molecule has 0 aliphatic heterocycles. The molecule has 17 heavy (non-hydrogen) atoms. The number of benzene rings is 1. The van der Waals surface area contributed by atoms with Crippen LogP contribution in [0, 0.1) is 0 Å². The number of nitrogens with zero attached hydrogens (tertiary/aromatic N) is 3. The van der Waals surface area contributed by atoms with Gasteiger partial charge in [0.05, 0.1) is 11.2 Å². The summed E-state index contributed by atoms with van der Waals surface area (Å²) in [5.41, 5.74) is 2.69. The molecule has 0 saturated heterocycles. The minimum Gasteiger partial charge on any atom is -0.256 e. The molecule has 2 aromatic heterocycles. The molecule has 3 nitrogen and oxygen atoms in total. The number of hydrogen-bond acceptors (Lipinski definition) is 3. The van der Waals surface area contributed by atoms with E-state index in [1.807, 2.05) is 36.4 Å². The fourth-order valence-electron chi connectivity index (χ4n) is 1.71. The molecular weight excluding hydrogens is 234 g/mol. The fourth-order valence-corrected chi connectivity index (χ4v) is 1.85. The minimum atomic E-state index is 0.246. The molecule has 0 aliphatic carbocycles. The first-order valence-corrected chi connectivity index (χ1v) is 5.54. The molecule has 1 aromatic carbocycles. The summed E-state index contributed by atoms with van der Waals surface area (Å²) < 4.78 is 0. The van der Waals surface area contributed by atoms with Gasteiger partial charge in [0.15, 0.2) is 0 Å². The fraction of sp³-hybridized carbons (Fsp3) is 0. The Bertz CT molecular complexity index is 682. The van der Waals surface area contributed by atoms with E-state index >= 15 is 0 Å². The summed E-state index contributed by atoms with van der Waals surface area (Å²) >= 11 is 5.77. The molecule has 82 valence electrons. The monoisotopic (exact) mass is 241 g/mol. The molecule has 0 aliphatic rings. The van der Waals surface area contributed by atoms with Gasteiger partial charge in [-0.15, -0.1) is 0 Å². The van der Waals surface area contributed by atoms with Crippen molar-refractivity contribution in [1.29, 1.82) is 0 Å². The molecule has 2 heterocycles. The Morgan fingerprint density at radius 2 is 1.88 bits per heavy atom. The maximum atomic E-state index is 5.77. The van der Waals surface area contributed by atoms with Crippen LogP contribution in [-0.2, 0) is 0 Å². The summed E-state index contributed by atoms with van der Waals surface area (Å²) in [6.07, 6.45) is 3.43. The summed E-state index contributed by atoms with van der Waals surface area (Å²) in [5, 5.41) is 1.33. The SMILES string of the molecule is Clc1nccc(-c2cnc3ccccc3c2)n1. The number of aromatic nitrogens is 3. The van der Waals surface area contributed by atoms with E-state index in [4.69, 9.17) is 11.6 Å². The van der Waals surface area contributed by atoms with Crippen molar-refractivity contribution in [3.05, 3.63) is 54.1 Å². The molecule has 0 atom stereocenters. The Morgan fingerprint density at radius 3 is 2.76 bits per heavy atom. The first-order valence-electron chi connectivity index (χ1n) is 5.17. The van der Waals surface area contributed by atoms with Gasteiger partial charge >= 0.3 is 0 Å². The third kappa shape index (κ3) is 1.97. The van der Waals surface area contributed by atoms with E-state index in [2.05, 4.69) is 15.0 Å². The highest BCUT2D eigenvalue weighted by molar-refractivity contribution is 6.28. The van der Waals surface area contributed by atoms with Crippen molar-refractivity contribution in [1.82, 2.24) is 15.0 Å². The third-order valence-corrected chi connectivity index (χ3v) is 2.69. The van der Waals surface area contributed by atoms with Crippen molar-refractivity contribution in [2.75, 3.05) is 0 Å². The first kappa shape index (κ1) is 10.2. The number of hydrogen-bond donors (Lipinski definition) is 0. The largest absolute Gasteiger partial charge is 0.256 e. The van der Waals surface area contributed by atoms with Crippen molar-refractivity contribution in [3.63, 3.8) is 0 Å². The van der Waals surface area contributed by atoms with Crippen molar-refractivity contribution in [3.8, 4) is 11.3 Å². The van der Waals surface area contributed by atoms with Crippen LogP contribution < -0.4 is 0 Å². The molecule has 4 heteroatoms. The maximum absolute atomic E-state index is 5.77. The molecule has 3 rings (SSSR count). The second-order valence-corrected chi connectivity index (χ2v) is 3.97. The van der Waals surface area contributed by atoms with E-state index in [-0.39, 0.29) is 5.28 Å². The Balaban J connectivity index is 2.18. The van der Waals surface area contributed by atoms with Gasteiger partial charge in [-0.05, 0) is 29.8 Å². The number of pyridine rings is 1. The zero-order valence-corrected chi connectivity index (χ0v) is 9.59. The van der Waals surface area contributed by atoms with Crippen LogP contribution in [-0.4, -0.2) is 15.0 Å². The van der Waals surface area contributed by atoms with E-state index in [0.29, 0.717) is 0 Å². The maximum Gasteiger partial charge on any atom is 0.222 e. The smallest absolute Gasteiger partial charge is 0.222 e. The molecule has 0 spiro atoms. The summed E-state index contributed by atoms with van der Waals surface area (Å²) in [6, 6.07) is 11.8. The lowest BCUT2D eigenvalue weighted by molar-refractivity contribution is 1.17. The van der Waals surface area contributed by atoms with Crippen LogP contribution in [0.1, 0.15) is 0 Å². The van der Waals surface area contributed by atoms with Crippen LogP contribution in [0.4, 0.5) is 0 Å². The zero-order valence-electron chi connectivity index (χ0n) is 8.84. The number of rotatable bonds is 1. The molecule has 0 N–H and O–H groups in total. The average molecular weight is 242 g/mol. The standard InChI is InChI=1S/C13H8ClN3/c14-13-15-6-5-12(17-13)10-7-9-3-1-2-4-11(9)16-8-10/h1-8H. The van der Waals surface area contributed by atoms with E-state index in [9.17, 15) is 0 Å². The van der Waals surface area contributed by atoms with E-state index in [0.717, 1.165) is 22.2 Å². The van der Waals surface area contributed by atoms with Crippen molar-refractivity contribution in [2.24, 2.45) is 0 Å². The van der Waals surface area contributed by atoms with E-state index in [1.54, 1.807) is 12.4 Å². The van der Waals surface area contributed by atoms with Crippen LogP contribution in [0.5, 0.6) is 0 Å². The van der Waals surface area contributed by atoms with Gasteiger partial charge < -0.3 is 0 Å². The van der Waals surface area contributed by atoms with Crippen LogP contribution in [0.2, 0.25) is 5.28 Å². The molecule has 0 radical (unpaired) electrons. The van der Waals surface area contributed by atoms with Crippen LogP contribution in [0.3, 0.4) is 0 Å². The second-order valence-electron chi connectivity index (χ2n) is 3.63. The highest BCUT2D eigenvalue weighted by Gasteiger charge is 2.02. The Labute approximate surface area is 103 Å². The first-order chi connectivity index (χ1) is 8.33. The third-order valence-electron chi connectivity index (χ3n) is 2.51. The molecular formula is C13H8ClN3. The number of halogens is 1. The summed E-state index contributed by atoms with van der Waals surface area (Å²) in [7, 11) is 0. The predicted molar refractivity (Wildman–Crippen MR) is 67.8 cm³/mol. The Kier molecular flexibility index (Phi) is 2.46. The summed E-state index contributed by atoms with van der Waals surface area (Å²) in [5.74, 6) is 0. The topological polar surface area (TPSA) is 38.7 Å². The highest BCUT2D eigenvalue weighted by atomic mass is 35.5. The molecule has 0 fully saturated rings. The van der Waals surface area contributed by atoms with Crippen molar-refractivity contribution in [2.45, 2.75) is 0 Å². The lowest BCUT2D eigenvalue weighted by Crippen LogP contribution is -1.88. The minimum absolute atomic E-state index is 0.246. The van der Waals surface area contributed by atoms with Crippen LogP contribution >= 0.6 is 11.6 Å². The quantitative estimate of drug-likeness (QED) is 0.614. The van der Waals surface area contributed by atoms with Gasteiger partial charge in [0, 0.05) is 23.3 Å². The predicted octanol–water partition coefficient (Wildman–Crippen LogP) is 3.35. The Morgan fingerprint density at radius 1 is 1.00 bits per heavy atom. The van der Waals surface area contributed by atoms with Gasteiger partial charge in [0.2, 0.25) is 5.28 Å². The molecule has 3 aromatic rings. The van der Waals surface area contributed by atoms with Gasteiger partial charge in [0.1, 0.15) is 0 Å². The van der Waals surface area contributed by atoms with Gasteiger partial charge in [-0.25, -0.2) is 9.97 Å². The van der Waals surface area contributed by atoms with Gasteiger partial charge in [-0.1, -0.05) is 18.2 Å². The van der Waals surface area contributed by atoms with Crippen LogP contribution in [0.25, 0.3) is 22.2 Å². The molecule has 0 saturated carbocycles. The van der Waals surface area contributed by atoms with Crippen molar-refractivity contribution < 1.29 is 0 Å². The number of fused-ring (bicyclic) bond motifs is 1. The summed E-state index contributed by atoms with van der Waals surface area (Å²) in [6.45, 7) is 0. The lowest BCUT2D eigenvalue weighted by atomic mass is 10.1. The van der Waals surface area contributed by atoms with Gasteiger partial charge in [-0.2, -0.15) is 0 Å². The van der Waals surface area contributed by atoms with Gasteiger partial charge in [-0.3, -0.25) is 4.98 Å². The average Bonchev–Trinajstić information content (AvgIpc) is 2.38. The Hall–Kier alpha value is -2.00. The van der Waals surface area contributed by atoms with E-state index < -0.39 is 0 Å². The second kappa shape index (κ2) is 4.11. The van der Waals surface area contributed by atoms with E-state index in [1.165, 1.54) is 0 Å². The lowest BCUT2D eigenvalue weighted by Gasteiger charge is -2.02. The zero-order chi connectivity index (χ0) is 11.7. The summed E-state index contributed by atoms with van der Waals surface area (Å²) in [4.78, 5) is 12.4.